The average Bonchev–Trinajstić information content (AvgIpc) is 2.57. The Kier molecular flexibility index (Phi) is 6.80. The third-order valence-corrected chi connectivity index (χ3v) is 4.59. The van der Waals surface area contributed by atoms with Crippen LogP contribution < -0.4 is 24.0 Å². The van der Waals surface area contributed by atoms with E-state index in [9.17, 15) is 0 Å². The minimum atomic E-state index is -0.234. The highest BCUT2D eigenvalue weighted by Crippen LogP contribution is 2.32. The molecular formula is C20H26INO2. The molecule has 0 aromatic heterocycles. The Morgan fingerprint density at radius 3 is 1.58 bits per heavy atom. The highest BCUT2D eigenvalue weighted by atomic mass is 127. The maximum absolute atomic E-state index is 6.15. The van der Waals surface area contributed by atoms with Crippen LogP contribution in [0.3, 0.4) is 0 Å². The summed E-state index contributed by atoms with van der Waals surface area (Å²) in [6, 6.07) is 21.3. The van der Waals surface area contributed by atoms with Gasteiger partial charge in [0, 0.05) is 0 Å². The van der Waals surface area contributed by atoms with Crippen LogP contribution in [0.5, 0.6) is 0 Å². The summed E-state index contributed by atoms with van der Waals surface area (Å²) in [5.41, 5.74) is 2.46. The van der Waals surface area contributed by atoms with Gasteiger partial charge in [-0.2, -0.15) is 0 Å². The lowest BCUT2D eigenvalue weighted by atomic mass is 9.90. The molecule has 3 rings (SSSR count). The molecule has 130 valence electrons. The van der Waals surface area contributed by atoms with Crippen molar-refractivity contribution in [3.05, 3.63) is 71.8 Å². The van der Waals surface area contributed by atoms with Gasteiger partial charge in [0.1, 0.15) is 19.3 Å². The van der Waals surface area contributed by atoms with E-state index in [1.54, 1.807) is 0 Å². The molecule has 2 aromatic rings. The van der Waals surface area contributed by atoms with Crippen LogP contribution in [-0.2, 0) is 9.47 Å². The van der Waals surface area contributed by atoms with E-state index in [1.165, 1.54) is 11.1 Å². The van der Waals surface area contributed by atoms with Gasteiger partial charge in [0.15, 0.2) is 6.29 Å². The molecule has 1 heterocycles. The van der Waals surface area contributed by atoms with Crippen LogP contribution in [0.4, 0.5) is 0 Å². The van der Waals surface area contributed by atoms with Gasteiger partial charge in [-0.3, -0.25) is 0 Å². The Hall–Kier alpha value is -0.950. The van der Waals surface area contributed by atoms with Crippen molar-refractivity contribution in [1.82, 2.24) is 0 Å². The van der Waals surface area contributed by atoms with Crippen LogP contribution >= 0.6 is 0 Å². The van der Waals surface area contributed by atoms with E-state index in [2.05, 4.69) is 69.7 Å². The molecule has 1 aliphatic rings. The number of nitrogens with zero attached hydrogens (tertiary/aromatic N) is 1. The number of halogens is 1. The highest BCUT2D eigenvalue weighted by Gasteiger charge is 2.36. The van der Waals surface area contributed by atoms with Crippen LogP contribution in [0, 0.1) is 0 Å². The molecule has 0 unspecified atom stereocenters. The van der Waals surface area contributed by atoms with Gasteiger partial charge in [0.2, 0.25) is 0 Å². The fraction of sp³-hybridized carbons (Fsp3) is 0.400. The molecule has 0 N–H and O–H groups in total. The van der Waals surface area contributed by atoms with E-state index in [4.69, 9.17) is 9.47 Å². The summed E-state index contributed by atoms with van der Waals surface area (Å²) in [4.78, 5) is 0. The van der Waals surface area contributed by atoms with E-state index < -0.39 is 0 Å². The molecule has 1 fully saturated rings. The number of hydrogen-bond acceptors (Lipinski definition) is 2. The first kappa shape index (κ1) is 19.4. The number of likely N-dealkylation sites (N-methyl/N-ethyl adjacent to an activating group) is 1. The lowest BCUT2D eigenvalue weighted by Crippen LogP contribution is -3.00. The molecule has 3 nitrogen and oxygen atoms in total. The molecule has 24 heavy (non-hydrogen) atoms. The summed E-state index contributed by atoms with van der Waals surface area (Å²) in [5.74, 6) is 0.103. The molecule has 1 saturated heterocycles. The Morgan fingerprint density at radius 1 is 0.792 bits per heavy atom. The van der Waals surface area contributed by atoms with Crippen molar-refractivity contribution in [2.24, 2.45) is 0 Å². The quantitative estimate of drug-likeness (QED) is 0.503. The summed E-state index contributed by atoms with van der Waals surface area (Å²) in [5, 5.41) is 0. The fourth-order valence-electron chi connectivity index (χ4n) is 2.98. The fourth-order valence-corrected chi connectivity index (χ4v) is 2.98. The SMILES string of the molecule is C[N+](C)(C)C1COC(C(c2ccccc2)c2ccccc2)OC1.[I-]. The van der Waals surface area contributed by atoms with Crippen molar-refractivity contribution in [1.29, 1.82) is 0 Å². The maximum Gasteiger partial charge on any atom is 0.169 e. The molecule has 2 aromatic carbocycles. The first-order valence-corrected chi connectivity index (χ1v) is 8.20. The second-order valence-electron chi connectivity index (χ2n) is 7.10. The largest absolute Gasteiger partial charge is 1.00 e. The number of quaternary nitrogens is 1. The second kappa shape index (κ2) is 8.43. The van der Waals surface area contributed by atoms with Crippen molar-refractivity contribution in [2.45, 2.75) is 18.2 Å². The predicted octanol–water partition coefficient (Wildman–Crippen LogP) is 0.270. The van der Waals surface area contributed by atoms with Crippen LogP contribution in [0.2, 0.25) is 0 Å². The maximum atomic E-state index is 6.15. The third-order valence-electron chi connectivity index (χ3n) is 4.59. The molecule has 0 atom stereocenters. The van der Waals surface area contributed by atoms with Gasteiger partial charge in [0.25, 0.3) is 0 Å². The Morgan fingerprint density at radius 2 is 1.21 bits per heavy atom. The number of rotatable bonds is 4. The summed E-state index contributed by atoms with van der Waals surface area (Å²) >= 11 is 0. The lowest BCUT2D eigenvalue weighted by molar-refractivity contribution is -0.899. The predicted molar refractivity (Wildman–Crippen MR) is 92.2 cm³/mol. The highest BCUT2D eigenvalue weighted by molar-refractivity contribution is 5.33. The first-order chi connectivity index (χ1) is 11.1. The zero-order chi connectivity index (χ0) is 16.3. The Labute approximate surface area is 162 Å². The van der Waals surface area contributed by atoms with Crippen LogP contribution in [-0.4, -0.2) is 51.2 Å². The van der Waals surface area contributed by atoms with Crippen molar-refractivity contribution in [3.63, 3.8) is 0 Å². The minimum absolute atomic E-state index is 0. The van der Waals surface area contributed by atoms with E-state index in [0.29, 0.717) is 6.04 Å². The number of hydrogen-bond donors (Lipinski definition) is 0. The molecule has 0 aliphatic carbocycles. The van der Waals surface area contributed by atoms with Gasteiger partial charge in [-0.05, 0) is 11.1 Å². The molecule has 0 spiro atoms. The lowest BCUT2D eigenvalue weighted by Gasteiger charge is -2.40. The van der Waals surface area contributed by atoms with Gasteiger partial charge in [-0.15, -0.1) is 0 Å². The summed E-state index contributed by atoms with van der Waals surface area (Å²) in [6.07, 6.45) is -0.234. The molecule has 0 radical (unpaired) electrons. The van der Waals surface area contributed by atoms with Crippen molar-refractivity contribution < 1.29 is 37.9 Å². The Bertz CT molecular complexity index is 565. The van der Waals surface area contributed by atoms with Gasteiger partial charge in [-0.25, -0.2) is 0 Å². The molecular weight excluding hydrogens is 413 g/mol. The minimum Gasteiger partial charge on any atom is -1.00 e. The summed E-state index contributed by atoms with van der Waals surface area (Å²) < 4.78 is 13.2. The van der Waals surface area contributed by atoms with E-state index in [-0.39, 0.29) is 36.2 Å². The monoisotopic (exact) mass is 439 g/mol. The topological polar surface area (TPSA) is 18.5 Å². The smallest absolute Gasteiger partial charge is 0.169 e. The van der Waals surface area contributed by atoms with Crippen molar-refractivity contribution >= 4 is 0 Å². The zero-order valence-corrected chi connectivity index (χ0v) is 16.7. The van der Waals surface area contributed by atoms with E-state index in [1.807, 2.05) is 12.1 Å². The van der Waals surface area contributed by atoms with Gasteiger partial charge in [0.05, 0.1) is 27.1 Å². The van der Waals surface area contributed by atoms with E-state index >= 15 is 0 Å². The molecule has 1 aliphatic heterocycles. The van der Waals surface area contributed by atoms with Gasteiger partial charge < -0.3 is 37.9 Å². The second-order valence-corrected chi connectivity index (χ2v) is 7.10. The van der Waals surface area contributed by atoms with Crippen LogP contribution in [0.1, 0.15) is 17.0 Å². The summed E-state index contributed by atoms with van der Waals surface area (Å²) in [7, 11) is 6.55. The van der Waals surface area contributed by atoms with Crippen molar-refractivity contribution in [2.75, 3.05) is 34.4 Å². The van der Waals surface area contributed by atoms with Crippen LogP contribution in [0.25, 0.3) is 0 Å². The summed E-state index contributed by atoms with van der Waals surface area (Å²) in [6.45, 7) is 1.45. The zero-order valence-electron chi connectivity index (χ0n) is 14.6. The first-order valence-electron chi connectivity index (χ1n) is 8.20. The molecule has 4 heteroatoms. The molecule has 0 amide bonds. The molecule has 0 saturated carbocycles. The van der Waals surface area contributed by atoms with Crippen molar-refractivity contribution in [3.8, 4) is 0 Å². The van der Waals surface area contributed by atoms with E-state index in [0.717, 1.165) is 17.7 Å². The number of ether oxygens (including phenoxy) is 2. The normalized spacial score (nSPS) is 21.3. The van der Waals surface area contributed by atoms with Crippen LogP contribution in [0.15, 0.2) is 60.7 Å². The van der Waals surface area contributed by atoms with Gasteiger partial charge >= 0.3 is 0 Å². The molecule has 0 bridgehead atoms. The average molecular weight is 439 g/mol. The third kappa shape index (κ3) is 4.57. The standard InChI is InChI=1S/C20H26NO2.HI/c1-21(2,3)18-14-22-20(23-15-18)19(16-10-6-4-7-11-16)17-12-8-5-9-13-17;/h4-13,18-20H,14-15H2,1-3H3;1H/q+1;/p-1. The Balaban J connectivity index is 0.00000208. The van der Waals surface area contributed by atoms with Gasteiger partial charge in [-0.1, -0.05) is 60.7 Å². The number of benzene rings is 2.